The van der Waals surface area contributed by atoms with Gasteiger partial charge in [0.05, 0.1) is 34.6 Å². The lowest BCUT2D eigenvalue weighted by Crippen LogP contribution is -2.57. The fourth-order valence-electron chi connectivity index (χ4n) is 11.8. The highest BCUT2D eigenvalue weighted by Crippen LogP contribution is 2.40. The van der Waals surface area contributed by atoms with Gasteiger partial charge in [0.25, 0.3) is 0 Å². The van der Waals surface area contributed by atoms with Crippen molar-refractivity contribution in [2.45, 2.75) is 120 Å². The van der Waals surface area contributed by atoms with Crippen LogP contribution in [0.2, 0.25) is 5.15 Å². The van der Waals surface area contributed by atoms with E-state index in [1.807, 2.05) is 61.4 Å². The van der Waals surface area contributed by atoms with Crippen LogP contribution in [0, 0.1) is 0 Å². The predicted octanol–water partition coefficient (Wildman–Crippen LogP) is 8.23. The molecule has 11 heterocycles. The van der Waals surface area contributed by atoms with Crippen LogP contribution in [-0.2, 0) is 19.1 Å². The number of pyridine rings is 2. The number of carbonyl (C=O) groups excluding carboxylic acids is 2. The Kier molecular flexibility index (Phi) is 13.8. The van der Waals surface area contributed by atoms with Gasteiger partial charge in [-0.3, -0.25) is 19.6 Å². The third-order valence-corrected chi connectivity index (χ3v) is 16.0. The number of hydrogen-bond acceptors (Lipinski definition) is 17. The van der Waals surface area contributed by atoms with Gasteiger partial charge in [-0.1, -0.05) is 56.5 Å². The third-order valence-electron chi connectivity index (χ3n) is 15.8. The Bertz CT molecular complexity index is 3300. The van der Waals surface area contributed by atoms with Gasteiger partial charge in [0.2, 0.25) is 23.7 Å². The summed E-state index contributed by atoms with van der Waals surface area (Å²) >= 11 is 5.79. The molecule has 0 unspecified atom stereocenters. The lowest BCUT2D eigenvalue weighted by atomic mass is 9.84. The van der Waals surface area contributed by atoms with Crippen LogP contribution < -0.4 is 26.2 Å². The Morgan fingerprint density at radius 1 is 0.560 bits per heavy atom. The first-order valence-electron chi connectivity index (χ1n) is 26.4. The van der Waals surface area contributed by atoms with Crippen molar-refractivity contribution in [3.8, 4) is 0 Å². The summed E-state index contributed by atoms with van der Waals surface area (Å²) in [6, 6.07) is 12.3. The van der Waals surface area contributed by atoms with Crippen LogP contribution in [0.3, 0.4) is 0 Å². The molecule has 0 radical (unpaired) electrons. The fraction of sp³-hybridized carbons (Fsp3) is 0.472. The molecule has 0 aromatic carbocycles. The molecule has 388 valence electrons. The number of carbonyl (C=O) groups is 2. The molecule has 4 N–H and O–H groups in total. The minimum absolute atomic E-state index is 0.00611. The summed E-state index contributed by atoms with van der Waals surface area (Å²) in [6.45, 7) is 3.32. The van der Waals surface area contributed by atoms with Crippen LogP contribution in [0.15, 0.2) is 73.6 Å². The van der Waals surface area contributed by atoms with Crippen LogP contribution in [0.5, 0.6) is 0 Å². The van der Waals surface area contributed by atoms with E-state index in [-0.39, 0.29) is 36.2 Å². The number of hydrogen-bond donors (Lipinski definition) is 4. The number of nitrogens with one attached hydrogen (secondary N) is 4. The largest absolute Gasteiger partial charge is 0.363 e. The van der Waals surface area contributed by atoms with Gasteiger partial charge in [0, 0.05) is 84.6 Å². The molecule has 3 saturated carbocycles. The fourth-order valence-corrected chi connectivity index (χ4v) is 11.9. The highest BCUT2D eigenvalue weighted by atomic mass is 35.5. The predicted molar refractivity (Wildman–Crippen MR) is 284 cm³/mol. The highest BCUT2D eigenvalue weighted by Gasteiger charge is 2.40. The van der Waals surface area contributed by atoms with Crippen molar-refractivity contribution in [1.29, 1.82) is 0 Å². The minimum Gasteiger partial charge on any atom is -0.363 e. The number of nitrogens with zero attached hydrogens (tertiary/aromatic N) is 13. The first kappa shape index (κ1) is 48.7. The molecule has 21 nitrogen and oxygen atoms in total. The Hall–Kier alpha value is -7.23. The quantitative estimate of drug-likeness (QED) is 0.117. The zero-order valence-electron chi connectivity index (χ0n) is 41.8. The molecule has 8 aromatic heterocycles. The van der Waals surface area contributed by atoms with Crippen molar-refractivity contribution in [1.82, 2.24) is 70.1 Å². The topological polar surface area (TPSA) is 243 Å². The van der Waals surface area contributed by atoms with Crippen molar-refractivity contribution < 1.29 is 19.1 Å². The number of ether oxygens (including phenoxy) is 2. The zero-order valence-corrected chi connectivity index (χ0v) is 42.5. The SMILES string of the molecule is Clc1ccc(Nc2ncc3c4ccncc4n(C4CCCC4)c3n2)nn1.O=C1COC2(CCCCC2)CN1.O=C1COC2(CCN(c3ccc(Nc4ncc5c6ccncc6n(C6CCCC6)c5n4)nn3)CC2)CN1. The van der Waals surface area contributed by atoms with Gasteiger partial charge in [0.15, 0.2) is 22.6 Å². The summed E-state index contributed by atoms with van der Waals surface area (Å²) < 4.78 is 16.2. The number of piperidine rings is 1. The van der Waals surface area contributed by atoms with E-state index in [4.69, 9.17) is 31.0 Å². The zero-order chi connectivity index (χ0) is 50.8. The van der Waals surface area contributed by atoms with E-state index < -0.39 is 0 Å². The average molecular weight is 1030 g/mol. The molecule has 3 aliphatic carbocycles. The van der Waals surface area contributed by atoms with Gasteiger partial charge in [-0.15, -0.1) is 20.4 Å². The maximum Gasteiger partial charge on any atom is 0.246 e. The van der Waals surface area contributed by atoms with Crippen molar-refractivity contribution >= 4 is 96.6 Å². The lowest BCUT2D eigenvalue weighted by Gasteiger charge is -2.43. The normalized spacial score (nSPS) is 19.7. The minimum atomic E-state index is -0.258. The monoisotopic (exact) mass is 1030 g/mol. The van der Waals surface area contributed by atoms with Crippen molar-refractivity contribution in [3.63, 3.8) is 0 Å². The van der Waals surface area contributed by atoms with E-state index in [1.165, 1.54) is 57.8 Å². The standard InChI is InChI=1S/C26H29N9O2.C18H16ClN7.C9H15NO2/c36-23-15-37-26(16-29-23)8-11-34(12-9-26)22-6-5-21(32-33-22)30-25-28-13-19-18-7-10-27-14-20(18)35(24(19)31-25)17-3-1-2-4-17;19-15-5-6-16(25-24-15)22-18-21-9-13-12-7-8-20-10-14(12)26(17(13)23-18)11-3-1-2-4-11;11-8-6-12-9(7-10-8)4-2-1-3-5-9/h5-7,10,13-14,17H,1-4,8-9,11-12,15-16H2,(H,29,36)(H,28,30,31,32);5-11H,1-4H2,(H,21,22,23,25);1-7H2,(H,10,11). The van der Waals surface area contributed by atoms with E-state index >= 15 is 0 Å². The second-order valence-corrected chi connectivity index (χ2v) is 21.0. The van der Waals surface area contributed by atoms with Gasteiger partial charge in [-0.2, -0.15) is 9.97 Å². The summed E-state index contributed by atoms with van der Waals surface area (Å²) in [5, 5.41) is 33.6. The summed E-state index contributed by atoms with van der Waals surface area (Å²) in [7, 11) is 0. The molecule has 8 aromatic rings. The second kappa shape index (κ2) is 21.2. The molecule has 3 aliphatic heterocycles. The summed E-state index contributed by atoms with van der Waals surface area (Å²) in [6.07, 6.45) is 28.6. The van der Waals surface area contributed by atoms with E-state index in [9.17, 15) is 9.59 Å². The van der Waals surface area contributed by atoms with Crippen molar-refractivity contribution in [2.24, 2.45) is 0 Å². The smallest absolute Gasteiger partial charge is 0.246 e. The Labute approximate surface area is 437 Å². The van der Waals surface area contributed by atoms with E-state index in [2.05, 4.69) is 75.6 Å². The first-order valence-corrected chi connectivity index (χ1v) is 26.8. The highest BCUT2D eigenvalue weighted by molar-refractivity contribution is 6.29. The van der Waals surface area contributed by atoms with E-state index in [0.717, 1.165) is 108 Å². The third kappa shape index (κ3) is 10.3. The second-order valence-electron chi connectivity index (χ2n) is 20.6. The maximum absolute atomic E-state index is 11.4. The number of anilines is 5. The number of morpholine rings is 2. The molecule has 6 aliphatic rings. The number of amides is 2. The summed E-state index contributed by atoms with van der Waals surface area (Å²) in [4.78, 5) is 51.9. The molecule has 75 heavy (non-hydrogen) atoms. The van der Waals surface area contributed by atoms with Crippen LogP contribution in [0.4, 0.5) is 29.4 Å². The maximum atomic E-state index is 11.4. The molecular formula is C53H60ClN17O4. The molecule has 2 amide bonds. The van der Waals surface area contributed by atoms with Crippen molar-refractivity contribution in [2.75, 3.05) is 54.9 Å². The number of rotatable bonds is 7. The van der Waals surface area contributed by atoms with Gasteiger partial charge in [-0.05, 0) is 87.8 Å². The van der Waals surface area contributed by atoms with Crippen LogP contribution >= 0.6 is 11.6 Å². The van der Waals surface area contributed by atoms with Gasteiger partial charge >= 0.3 is 0 Å². The number of fused-ring (bicyclic) bond motifs is 6. The van der Waals surface area contributed by atoms with Gasteiger partial charge in [0.1, 0.15) is 24.5 Å². The van der Waals surface area contributed by atoms with Crippen LogP contribution in [0.1, 0.15) is 108 Å². The van der Waals surface area contributed by atoms with E-state index in [1.54, 1.807) is 12.1 Å². The van der Waals surface area contributed by atoms with E-state index in [0.29, 0.717) is 47.3 Å². The number of halogens is 1. The number of aromatic nitrogens is 12. The molecule has 6 fully saturated rings. The molecule has 0 bridgehead atoms. The Morgan fingerprint density at radius 2 is 1.07 bits per heavy atom. The first-order chi connectivity index (χ1) is 36.8. The molecule has 3 saturated heterocycles. The average Bonchev–Trinajstić information content (AvgIpc) is 4.29. The lowest BCUT2D eigenvalue weighted by molar-refractivity contribution is -0.147. The molecule has 22 heteroatoms. The van der Waals surface area contributed by atoms with Crippen LogP contribution in [0.25, 0.3) is 43.9 Å². The summed E-state index contributed by atoms with van der Waals surface area (Å²) in [5.41, 5.74) is 3.84. The molecular weight excluding hydrogens is 974 g/mol. The van der Waals surface area contributed by atoms with Gasteiger partial charge in [-0.25, -0.2) is 9.97 Å². The Morgan fingerprint density at radius 3 is 1.53 bits per heavy atom. The summed E-state index contributed by atoms with van der Waals surface area (Å²) in [5.74, 6) is 2.96. The Balaban J connectivity index is 0.000000129. The molecule has 0 atom stereocenters. The van der Waals surface area contributed by atoms with Crippen molar-refractivity contribution in [3.05, 3.63) is 78.7 Å². The van der Waals surface area contributed by atoms with Crippen LogP contribution in [-0.4, -0.2) is 122 Å². The van der Waals surface area contributed by atoms with Gasteiger partial charge < -0.3 is 44.8 Å². The molecule has 2 spiro atoms. The molecule has 14 rings (SSSR count).